The van der Waals surface area contributed by atoms with Gasteiger partial charge in [0.1, 0.15) is 11.2 Å². The van der Waals surface area contributed by atoms with Gasteiger partial charge in [-0.2, -0.15) is 5.10 Å². The number of nitrogens with one attached hydrogen (secondary N) is 1. The molecule has 0 saturated carbocycles. The van der Waals surface area contributed by atoms with Gasteiger partial charge in [-0.3, -0.25) is 9.59 Å². The second-order valence-electron chi connectivity index (χ2n) is 7.46. The molecule has 7 heteroatoms. The van der Waals surface area contributed by atoms with Crippen molar-refractivity contribution in [3.05, 3.63) is 46.4 Å². The highest BCUT2D eigenvalue weighted by Crippen LogP contribution is 2.16. The summed E-state index contributed by atoms with van der Waals surface area (Å²) in [5.74, 6) is 0.254. The van der Waals surface area contributed by atoms with Gasteiger partial charge < -0.3 is 14.8 Å². The molecule has 0 radical (unpaired) electrons. The van der Waals surface area contributed by atoms with Crippen LogP contribution in [0.4, 0.5) is 0 Å². The van der Waals surface area contributed by atoms with Gasteiger partial charge in [-0.15, -0.1) is 0 Å². The van der Waals surface area contributed by atoms with E-state index >= 15 is 0 Å². The van der Waals surface area contributed by atoms with Crippen LogP contribution in [0.1, 0.15) is 38.1 Å². The van der Waals surface area contributed by atoms with E-state index < -0.39 is 0 Å². The molecule has 0 spiro atoms. The molecule has 2 aromatic heterocycles. The first-order valence-electron chi connectivity index (χ1n) is 9.96. The average molecular weight is 383 g/mol. The smallest absolute Gasteiger partial charge is 0.259 e. The van der Waals surface area contributed by atoms with Crippen molar-refractivity contribution in [1.29, 1.82) is 0 Å². The number of H-pyrrole nitrogens is 1. The lowest BCUT2D eigenvalue weighted by Gasteiger charge is -2.27. The van der Waals surface area contributed by atoms with E-state index in [0.29, 0.717) is 41.1 Å². The molecule has 1 N–H and O–H groups in total. The molecular weight excluding hydrogens is 354 g/mol. The third-order valence-electron chi connectivity index (χ3n) is 5.06. The van der Waals surface area contributed by atoms with E-state index in [2.05, 4.69) is 42.7 Å². The summed E-state index contributed by atoms with van der Waals surface area (Å²) in [4.78, 5) is 32.8. The molecule has 1 amide bonds. The maximum Gasteiger partial charge on any atom is 0.259 e. The number of likely N-dealkylation sites (N-methyl/N-ethyl adjacent to an activating group) is 1. The number of amides is 1. The number of nitrogens with zero attached hydrogens (tertiary/aromatic N) is 4. The number of hydrogen-bond acceptors (Lipinski definition) is 4. The van der Waals surface area contributed by atoms with Crippen LogP contribution in [0.15, 0.2) is 35.3 Å². The van der Waals surface area contributed by atoms with E-state index in [4.69, 9.17) is 0 Å². The van der Waals surface area contributed by atoms with Crippen LogP contribution >= 0.6 is 0 Å². The van der Waals surface area contributed by atoms with Crippen LogP contribution in [0.25, 0.3) is 16.6 Å². The summed E-state index contributed by atoms with van der Waals surface area (Å²) in [6.07, 6.45) is 1.56. The first-order valence-corrected chi connectivity index (χ1v) is 9.96. The largest absolute Gasteiger partial charge is 0.337 e. The molecule has 7 nitrogen and oxygen atoms in total. The summed E-state index contributed by atoms with van der Waals surface area (Å²) in [5, 5.41) is 4.94. The van der Waals surface area contributed by atoms with E-state index in [1.54, 1.807) is 16.8 Å². The molecular formula is C21H29N5O2. The lowest BCUT2D eigenvalue weighted by Crippen LogP contribution is -2.40. The Morgan fingerprint density at radius 3 is 2.57 bits per heavy atom. The van der Waals surface area contributed by atoms with Crippen LogP contribution < -0.4 is 5.56 Å². The normalized spacial score (nSPS) is 11.8. The van der Waals surface area contributed by atoms with Crippen LogP contribution in [0.2, 0.25) is 0 Å². The van der Waals surface area contributed by atoms with E-state index in [9.17, 15) is 9.59 Å². The Morgan fingerprint density at radius 2 is 1.89 bits per heavy atom. The third-order valence-corrected chi connectivity index (χ3v) is 5.06. The minimum atomic E-state index is -0.212. The third kappa shape index (κ3) is 3.94. The van der Waals surface area contributed by atoms with Crippen molar-refractivity contribution in [2.45, 2.75) is 27.7 Å². The lowest BCUT2D eigenvalue weighted by atomic mass is 10.2. The van der Waals surface area contributed by atoms with Crippen LogP contribution in [0, 0.1) is 5.92 Å². The standard InChI is InChI=1S/C21H29N5O2/c1-5-24(6-2)11-12-25(14-15(3)4)21(28)17-13-22-26-18-10-8-7-9-16(18)20(27)23-19(17)26/h7-10,13,15H,5-6,11-12,14H2,1-4H3,(H,23,27). The van der Waals surface area contributed by atoms with Gasteiger partial charge in [0.25, 0.3) is 11.5 Å². The van der Waals surface area contributed by atoms with Gasteiger partial charge in [-0.25, -0.2) is 4.52 Å². The molecule has 0 aliphatic rings. The zero-order valence-corrected chi connectivity index (χ0v) is 17.1. The van der Waals surface area contributed by atoms with Gasteiger partial charge in [0.05, 0.1) is 17.1 Å². The zero-order chi connectivity index (χ0) is 20.3. The maximum absolute atomic E-state index is 13.3. The molecule has 1 aromatic carbocycles. The number of carbonyl (C=O) groups is 1. The molecule has 3 aromatic rings. The van der Waals surface area contributed by atoms with Gasteiger partial charge in [0, 0.05) is 19.6 Å². The number of rotatable bonds is 8. The first kappa shape index (κ1) is 20.1. The van der Waals surface area contributed by atoms with Crippen LogP contribution in [0.5, 0.6) is 0 Å². The number of fused-ring (bicyclic) bond motifs is 3. The molecule has 28 heavy (non-hydrogen) atoms. The first-order chi connectivity index (χ1) is 13.5. The van der Waals surface area contributed by atoms with Crippen LogP contribution in [-0.4, -0.2) is 63.0 Å². The molecule has 0 unspecified atom stereocenters. The predicted molar refractivity (Wildman–Crippen MR) is 112 cm³/mol. The van der Waals surface area contributed by atoms with E-state index in [1.807, 2.05) is 23.1 Å². The Balaban J connectivity index is 1.98. The molecule has 0 aliphatic carbocycles. The van der Waals surface area contributed by atoms with Gasteiger partial charge in [0.2, 0.25) is 0 Å². The zero-order valence-electron chi connectivity index (χ0n) is 17.1. The summed E-state index contributed by atoms with van der Waals surface area (Å²) in [6, 6.07) is 7.27. The highest BCUT2D eigenvalue weighted by atomic mass is 16.2. The second-order valence-corrected chi connectivity index (χ2v) is 7.46. The SMILES string of the molecule is CCN(CC)CCN(CC(C)C)C(=O)c1cnn2c1[nH]c(=O)c1ccccc12. The van der Waals surface area contributed by atoms with Crippen molar-refractivity contribution in [2.75, 3.05) is 32.7 Å². The van der Waals surface area contributed by atoms with Gasteiger partial charge in [-0.1, -0.05) is 39.8 Å². The Kier molecular flexibility index (Phi) is 6.14. The number of hydrogen-bond donors (Lipinski definition) is 1. The topological polar surface area (TPSA) is 73.7 Å². The maximum atomic E-state index is 13.3. The molecule has 0 bridgehead atoms. The molecule has 0 fully saturated rings. The molecule has 150 valence electrons. The summed E-state index contributed by atoms with van der Waals surface area (Å²) < 4.78 is 1.64. The van der Waals surface area contributed by atoms with Gasteiger partial charge in [0.15, 0.2) is 0 Å². The Bertz CT molecular complexity index is 1020. The van der Waals surface area contributed by atoms with Crippen LogP contribution in [0.3, 0.4) is 0 Å². The molecule has 0 atom stereocenters. The lowest BCUT2D eigenvalue weighted by molar-refractivity contribution is 0.0718. The number of benzene rings is 1. The molecule has 3 rings (SSSR count). The Labute approximate surface area is 164 Å². The fraction of sp³-hybridized carbons (Fsp3) is 0.476. The van der Waals surface area contributed by atoms with E-state index in [1.165, 1.54) is 0 Å². The van der Waals surface area contributed by atoms with Crippen molar-refractivity contribution in [3.63, 3.8) is 0 Å². The molecule has 0 saturated heterocycles. The Hall–Kier alpha value is -2.67. The van der Waals surface area contributed by atoms with Gasteiger partial charge in [-0.05, 0) is 31.1 Å². The minimum Gasteiger partial charge on any atom is -0.337 e. The summed E-state index contributed by atoms with van der Waals surface area (Å²) in [7, 11) is 0. The number of aromatic amines is 1. The Morgan fingerprint density at radius 1 is 1.18 bits per heavy atom. The van der Waals surface area contributed by atoms with Crippen molar-refractivity contribution < 1.29 is 4.79 Å². The fourth-order valence-corrected chi connectivity index (χ4v) is 3.52. The fourth-order valence-electron chi connectivity index (χ4n) is 3.52. The minimum absolute atomic E-state index is 0.0956. The quantitative estimate of drug-likeness (QED) is 0.649. The van der Waals surface area contributed by atoms with Crippen molar-refractivity contribution >= 4 is 22.5 Å². The monoisotopic (exact) mass is 383 g/mol. The summed E-state index contributed by atoms with van der Waals surface area (Å²) in [6.45, 7) is 12.5. The van der Waals surface area contributed by atoms with Gasteiger partial charge >= 0.3 is 0 Å². The molecule has 0 aliphatic heterocycles. The van der Waals surface area contributed by atoms with Crippen molar-refractivity contribution in [3.8, 4) is 0 Å². The summed E-state index contributed by atoms with van der Waals surface area (Å²) in [5.41, 5.74) is 1.36. The second kappa shape index (κ2) is 8.56. The van der Waals surface area contributed by atoms with E-state index in [-0.39, 0.29) is 11.5 Å². The van der Waals surface area contributed by atoms with Crippen molar-refractivity contribution in [1.82, 2.24) is 24.4 Å². The molecule has 2 heterocycles. The number of carbonyl (C=O) groups excluding carboxylic acids is 1. The highest BCUT2D eigenvalue weighted by molar-refractivity contribution is 6.00. The average Bonchev–Trinajstić information content (AvgIpc) is 3.11. The number of aromatic nitrogens is 3. The number of para-hydroxylation sites is 1. The van der Waals surface area contributed by atoms with E-state index in [0.717, 1.165) is 19.6 Å². The summed E-state index contributed by atoms with van der Waals surface area (Å²) >= 11 is 0. The predicted octanol–water partition coefficient (Wildman–Crippen LogP) is 2.62. The van der Waals surface area contributed by atoms with Crippen molar-refractivity contribution in [2.24, 2.45) is 5.92 Å². The highest BCUT2D eigenvalue weighted by Gasteiger charge is 2.22. The van der Waals surface area contributed by atoms with Crippen LogP contribution in [-0.2, 0) is 0 Å².